The van der Waals surface area contributed by atoms with Crippen LogP contribution < -0.4 is 11.9 Å². The first-order valence-corrected chi connectivity index (χ1v) is 16.4. The van der Waals surface area contributed by atoms with Crippen molar-refractivity contribution < 1.29 is 0 Å². The molecule has 4 heterocycles. The molecule has 2 aliphatic rings. The van der Waals surface area contributed by atoms with Gasteiger partial charge in [0.2, 0.25) is 0 Å². The van der Waals surface area contributed by atoms with Gasteiger partial charge in [0.05, 0.1) is 17.1 Å². The van der Waals surface area contributed by atoms with Crippen molar-refractivity contribution in [3.05, 3.63) is 65.3 Å². The maximum Gasteiger partial charge on any atom is 0.164 e. The number of piperazine rings is 1. The molecule has 0 radical (unpaired) electrons. The molecule has 9 nitrogen and oxygen atoms in total. The van der Waals surface area contributed by atoms with Crippen LogP contribution in [0.25, 0.3) is 44.1 Å². The number of aryl methyl sites for hydroxylation is 2. The summed E-state index contributed by atoms with van der Waals surface area (Å²) in [7, 11) is 2.22. The number of nitrogens with two attached hydrogens (primary N) is 1. The zero-order valence-corrected chi connectivity index (χ0v) is 26.9. The highest BCUT2D eigenvalue weighted by Gasteiger charge is 2.30. The topological polar surface area (TPSA) is 124 Å². The highest BCUT2D eigenvalue weighted by atomic mass is 32.1. The van der Waals surface area contributed by atoms with Crippen LogP contribution in [-0.4, -0.2) is 73.8 Å². The van der Waals surface area contributed by atoms with Gasteiger partial charge in [0, 0.05) is 53.8 Å². The quantitative estimate of drug-likeness (QED) is 0.220. The van der Waals surface area contributed by atoms with Crippen LogP contribution in [0.4, 0.5) is 5.82 Å². The monoisotopic (exact) mass is 609 g/mol. The van der Waals surface area contributed by atoms with E-state index in [1.54, 1.807) is 17.7 Å². The molecule has 5 N–H and O–H groups in total. The van der Waals surface area contributed by atoms with E-state index in [0.29, 0.717) is 17.9 Å². The minimum absolute atomic E-state index is 0. The van der Waals surface area contributed by atoms with Crippen molar-refractivity contribution in [2.24, 2.45) is 0 Å². The van der Waals surface area contributed by atoms with Crippen molar-refractivity contribution in [1.29, 1.82) is 0 Å². The smallest absolute Gasteiger partial charge is 0.164 e. The van der Waals surface area contributed by atoms with Crippen LogP contribution in [0.5, 0.6) is 0 Å². The number of anilines is 1. The Morgan fingerprint density at radius 1 is 0.818 bits per heavy atom. The molecule has 1 aliphatic heterocycles. The van der Waals surface area contributed by atoms with Gasteiger partial charge in [-0.3, -0.25) is 4.90 Å². The Labute approximate surface area is 263 Å². The first-order chi connectivity index (χ1) is 21.0. The summed E-state index contributed by atoms with van der Waals surface area (Å²) in [5.41, 5.74) is 13.8. The maximum absolute atomic E-state index is 6.46. The van der Waals surface area contributed by atoms with E-state index in [1.807, 2.05) is 0 Å². The van der Waals surface area contributed by atoms with Crippen LogP contribution in [0.2, 0.25) is 0 Å². The largest absolute Gasteiger partial charge is 0.383 e. The number of nitrogen functional groups attached to an aromatic ring is 1. The van der Waals surface area contributed by atoms with E-state index >= 15 is 0 Å². The van der Waals surface area contributed by atoms with Crippen LogP contribution in [0.1, 0.15) is 49.1 Å². The Balaban J connectivity index is 0.00000343. The lowest BCUT2D eigenvalue weighted by Gasteiger charge is -2.41. The van der Waals surface area contributed by atoms with Gasteiger partial charge in [-0.15, -0.1) is 11.3 Å². The van der Waals surface area contributed by atoms with Crippen molar-refractivity contribution in [2.75, 3.05) is 39.0 Å². The fourth-order valence-electron chi connectivity index (χ4n) is 6.73. The molecular formula is C34H43N9S. The summed E-state index contributed by atoms with van der Waals surface area (Å²) in [6, 6.07) is 18.2. The predicted octanol–water partition coefficient (Wildman–Crippen LogP) is 6.63. The lowest BCUT2D eigenvalue weighted by atomic mass is 9.90. The number of thiazole rings is 1. The van der Waals surface area contributed by atoms with Gasteiger partial charge in [-0.05, 0) is 46.1 Å². The number of hydrogen-bond donors (Lipinski definition) is 2. The third-order valence-electron chi connectivity index (χ3n) is 9.33. The minimum atomic E-state index is 0. The van der Waals surface area contributed by atoms with Crippen LogP contribution >= 0.6 is 11.3 Å². The molecule has 44 heavy (non-hydrogen) atoms. The molecular weight excluding hydrogens is 567 g/mol. The molecule has 10 heteroatoms. The molecule has 0 bridgehead atoms. The van der Waals surface area contributed by atoms with Gasteiger partial charge < -0.3 is 16.8 Å². The summed E-state index contributed by atoms with van der Waals surface area (Å²) in [6.07, 6.45) is 7.11. The molecule has 0 unspecified atom stereocenters. The summed E-state index contributed by atoms with van der Waals surface area (Å²) in [5.74, 6) is 0.483. The summed E-state index contributed by atoms with van der Waals surface area (Å²) < 4.78 is 2.14. The molecule has 0 atom stereocenters. The lowest BCUT2D eigenvalue weighted by molar-refractivity contribution is 0.0815. The molecule has 0 amide bonds. The second kappa shape index (κ2) is 12.7. The van der Waals surface area contributed by atoms with Crippen molar-refractivity contribution in [2.45, 2.75) is 58.0 Å². The van der Waals surface area contributed by atoms with Crippen LogP contribution in [-0.2, 0) is 6.42 Å². The van der Waals surface area contributed by atoms with Crippen molar-refractivity contribution in [3.63, 3.8) is 0 Å². The Bertz CT molecular complexity index is 1710. The number of fused-ring (bicyclic) bond motifs is 1. The number of likely N-dealkylation sites (N-methyl/N-ethyl adjacent to an activating group) is 1. The standard InChI is InChI=1S/C34H40N8S.H3N/c1-4-28-30(23-7-5-22(2)6-8-23)38-34(43-28)25-11-9-24(10-12-25)31-29-32(35)36-21-37-33(29)42(39-31)27-15-13-26(14-16-27)41-19-17-40(3)18-20-41;/h5-12,21,26-27H,4,13-20H2,1-3H3,(H2,35,36,37);1H3. The number of hydrogen-bond acceptors (Lipinski definition) is 9. The molecule has 5 aromatic rings. The summed E-state index contributed by atoms with van der Waals surface area (Å²) >= 11 is 1.77. The first kappa shape index (κ1) is 30.3. The summed E-state index contributed by atoms with van der Waals surface area (Å²) in [6.45, 7) is 8.99. The van der Waals surface area contributed by atoms with E-state index in [0.717, 1.165) is 70.9 Å². The number of rotatable bonds is 6. The number of nitrogens with zero attached hydrogens (tertiary/aromatic N) is 7. The molecule has 3 aromatic heterocycles. The van der Waals surface area contributed by atoms with Gasteiger partial charge in [-0.25, -0.2) is 19.6 Å². The van der Waals surface area contributed by atoms with E-state index < -0.39 is 0 Å². The predicted molar refractivity (Wildman–Crippen MR) is 181 cm³/mol. The van der Waals surface area contributed by atoms with Crippen molar-refractivity contribution in [3.8, 4) is 33.1 Å². The van der Waals surface area contributed by atoms with Gasteiger partial charge in [-0.1, -0.05) is 61.0 Å². The fourth-order valence-corrected chi connectivity index (χ4v) is 7.76. The maximum atomic E-state index is 6.46. The summed E-state index contributed by atoms with van der Waals surface area (Å²) in [4.78, 5) is 20.5. The normalized spacial score (nSPS) is 19.7. The van der Waals surface area contributed by atoms with Gasteiger partial charge in [-0.2, -0.15) is 5.10 Å². The minimum Gasteiger partial charge on any atom is -0.383 e. The average molecular weight is 610 g/mol. The molecule has 230 valence electrons. The Morgan fingerprint density at radius 3 is 2.11 bits per heavy atom. The van der Waals surface area contributed by atoms with Crippen molar-refractivity contribution in [1.82, 2.24) is 40.7 Å². The lowest BCUT2D eigenvalue weighted by Crippen LogP contribution is -2.49. The zero-order valence-electron chi connectivity index (χ0n) is 26.0. The Morgan fingerprint density at radius 2 is 1.43 bits per heavy atom. The van der Waals surface area contributed by atoms with E-state index in [1.165, 1.54) is 41.9 Å². The Kier molecular flexibility index (Phi) is 8.77. The number of aromatic nitrogens is 5. The molecule has 1 aliphatic carbocycles. The highest BCUT2D eigenvalue weighted by molar-refractivity contribution is 7.15. The van der Waals surface area contributed by atoms with Crippen LogP contribution in [0.15, 0.2) is 54.9 Å². The fraction of sp³-hybridized carbons (Fsp3) is 0.412. The summed E-state index contributed by atoms with van der Waals surface area (Å²) in [5, 5.41) is 7.06. The molecule has 2 fully saturated rings. The number of benzene rings is 2. The van der Waals surface area contributed by atoms with Gasteiger partial charge in [0.25, 0.3) is 0 Å². The third-order valence-corrected chi connectivity index (χ3v) is 10.6. The molecule has 1 saturated heterocycles. The first-order valence-electron chi connectivity index (χ1n) is 15.6. The third kappa shape index (κ3) is 5.75. The molecule has 2 aromatic carbocycles. The average Bonchev–Trinajstić information content (AvgIpc) is 3.65. The van der Waals surface area contributed by atoms with Crippen molar-refractivity contribution >= 4 is 28.2 Å². The van der Waals surface area contributed by atoms with Crippen LogP contribution in [0.3, 0.4) is 0 Å². The van der Waals surface area contributed by atoms with E-state index in [4.69, 9.17) is 15.8 Å². The highest BCUT2D eigenvalue weighted by Crippen LogP contribution is 2.39. The second-order valence-corrected chi connectivity index (χ2v) is 13.2. The molecule has 7 rings (SSSR count). The van der Waals surface area contributed by atoms with Crippen LogP contribution in [0, 0.1) is 6.92 Å². The van der Waals surface area contributed by atoms with E-state index in [9.17, 15) is 0 Å². The second-order valence-electron chi connectivity index (χ2n) is 12.1. The van der Waals surface area contributed by atoms with E-state index in [-0.39, 0.29) is 6.15 Å². The Hall–Kier alpha value is -3.70. The molecule has 1 saturated carbocycles. The van der Waals surface area contributed by atoms with Gasteiger partial charge in [0.15, 0.2) is 5.65 Å². The van der Waals surface area contributed by atoms with Gasteiger partial charge in [0.1, 0.15) is 22.8 Å². The SMILES string of the molecule is CCc1sc(-c2ccc(-c3nn(C4CCC(N5CCN(C)CC5)CC4)c4ncnc(N)c34)cc2)nc1-c1ccc(C)cc1.N. The molecule has 0 spiro atoms. The van der Waals surface area contributed by atoms with E-state index in [2.05, 4.69) is 93.9 Å². The zero-order chi connectivity index (χ0) is 29.5. The van der Waals surface area contributed by atoms with Gasteiger partial charge >= 0.3 is 0 Å².